The molecule has 20 heavy (non-hydrogen) atoms. The summed E-state index contributed by atoms with van der Waals surface area (Å²) in [6.07, 6.45) is 0. The lowest BCUT2D eigenvalue weighted by atomic mass is 10.1. The number of hydrogen-bond acceptors (Lipinski definition) is 1. The standard InChI is InChI=1S/C15H13Br2F2N/c1-9(10-2-4-11(16)5-3-10)20-8-12-14(18)7-6-13(17)15(12)19/h2-7,9,20H,8H2,1H3/t9-/m1/s1. The molecular weight excluding hydrogens is 392 g/mol. The van der Waals surface area contributed by atoms with Crippen LogP contribution in [-0.2, 0) is 6.54 Å². The van der Waals surface area contributed by atoms with Gasteiger partial charge in [-0.3, -0.25) is 0 Å². The number of benzene rings is 2. The molecule has 2 aromatic rings. The number of nitrogens with one attached hydrogen (secondary N) is 1. The predicted octanol–water partition coefficient (Wildman–Crippen LogP) is 5.34. The summed E-state index contributed by atoms with van der Waals surface area (Å²) in [6.45, 7) is 2.09. The van der Waals surface area contributed by atoms with E-state index in [2.05, 4.69) is 37.2 Å². The van der Waals surface area contributed by atoms with E-state index in [1.54, 1.807) is 0 Å². The van der Waals surface area contributed by atoms with Crippen LogP contribution < -0.4 is 5.32 Å². The van der Waals surface area contributed by atoms with Crippen LogP contribution in [0, 0.1) is 11.6 Å². The Morgan fingerprint density at radius 2 is 1.70 bits per heavy atom. The van der Waals surface area contributed by atoms with Crippen LogP contribution in [-0.4, -0.2) is 0 Å². The Balaban J connectivity index is 2.09. The van der Waals surface area contributed by atoms with Gasteiger partial charge in [0.25, 0.3) is 0 Å². The van der Waals surface area contributed by atoms with Gasteiger partial charge in [0, 0.05) is 22.6 Å². The zero-order valence-corrected chi connectivity index (χ0v) is 13.9. The van der Waals surface area contributed by atoms with E-state index in [-0.39, 0.29) is 22.6 Å². The van der Waals surface area contributed by atoms with Gasteiger partial charge in [0.15, 0.2) is 0 Å². The number of rotatable bonds is 4. The first kappa shape index (κ1) is 15.6. The minimum atomic E-state index is -0.555. The molecule has 0 aliphatic rings. The summed E-state index contributed by atoms with van der Waals surface area (Å²) in [7, 11) is 0. The van der Waals surface area contributed by atoms with Gasteiger partial charge in [0.2, 0.25) is 0 Å². The molecule has 0 bridgehead atoms. The molecule has 1 atom stereocenters. The maximum atomic E-state index is 13.8. The lowest BCUT2D eigenvalue weighted by Gasteiger charge is -2.15. The highest BCUT2D eigenvalue weighted by Gasteiger charge is 2.13. The Labute approximate surface area is 133 Å². The maximum absolute atomic E-state index is 13.8. The van der Waals surface area contributed by atoms with E-state index in [0.717, 1.165) is 10.0 Å². The molecule has 0 saturated carbocycles. The van der Waals surface area contributed by atoms with Gasteiger partial charge < -0.3 is 5.32 Å². The summed E-state index contributed by atoms with van der Waals surface area (Å²) in [6, 6.07) is 10.4. The molecule has 0 amide bonds. The normalized spacial score (nSPS) is 12.4. The van der Waals surface area contributed by atoms with Crippen LogP contribution in [0.25, 0.3) is 0 Å². The van der Waals surface area contributed by atoms with Crippen LogP contribution in [0.3, 0.4) is 0 Å². The summed E-state index contributed by atoms with van der Waals surface area (Å²) < 4.78 is 28.7. The van der Waals surface area contributed by atoms with Crippen molar-refractivity contribution >= 4 is 31.9 Å². The van der Waals surface area contributed by atoms with Gasteiger partial charge in [-0.2, -0.15) is 0 Å². The molecule has 2 aromatic carbocycles. The van der Waals surface area contributed by atoms with Gasteiger partial charge in [-0.1, -0.05) is 28.1 Å². The second kappa shape index (κ2) is 6.78. The zero-order valence-electron chi connectivity index (χ0n) is 10.8. The van der Waals surface area contributed by atoms with Gasteiger partial charge in [0.05, 0.1) is 4.47 Å². The quantitative estimate of drug-likeness (QED) is 0.678. The van der Waals surface area contributed by atoms with Crippen molar-refractivity contribution < 1.29 is 8.78 Å². The highest BCUT2D eigenvalue weighted by atomic mass is 79.9. The highest BCUT2D eigenvalue weighted by Crippen LogP contribution is 2.23. The zero-order chi connectivity index (χ0) is 14.7. The van der Waals surface area contributed by atoms with E-state index < -0.39 is 11.6 Å². The molecule has 1 nitrogen and oxygen atoms in total. The van der Waals surface area contributed by atoms with Gasteiger partial charge in [-0.15, -0.1) is 0 Å². The predicted molar refractivity (Wildman–Crippen MR) is 83.5 cm³/mol. The van der Waals surface area contributed by atoms with Gasteiger partial charge in [-0.05, 0) is 52.7 Å². The van der Waals surface area contributed by atoms with Crippen molar-refractivity contribution in [3.05, 3.63) is 68.1 Å². The monoisotopic (exact) mass is 403 g/mol. The fraction of sp³-hybridized carbons (Fsp3) is 0.200. The van der Waals surface area contributed by atoms with E-state index in [0.29, 0.717) is 0 Å². The van der Waals surface area contributed by atoms with Crippen molar-refractivity contribution in [2.45, 2.75) is 19.5 Å². The summed E-state index contributed by atoms with van der Waals surface area (Å²) in [5.41, 5.74) is 1.10. The molecule has 0 saturated heterocycles. The largest absolute Gasteiger partial charge is 0.306 e. The molecule has 5 heteroatoms. The lowest BCUT2D eigenvalue weighted by Crippen LogP contribution is -2.19. The second-order valence-corrected chi connectivity index (χ2v) is 6.25. The molecule has 0 aliphatic carbocycles. The van der Waals surface area contributed by atoms with Crippen LogP contribution in [0.2, 0.25) is 0 Å². The highest BCUT2D eigenvalue weighted by molar-refractivity contribution is 9.10. The van der Waals surface area contributed by atoms with Crippen molar-refractivity contribution in [3.8, 4) is 0 Å². The average Bonchev–Trinajstić information content (AvgIpc) is 2.43. The Hall–Kier alpha value is -0.780. The minimum Gasteiger partial charge on any atom is -0.306 e. The summed E-state index contributed by atoms with van der Waals surface area (Å²) >= 11 is 6.44. The molecule has 1 N–H and O–H groups in total. The molecule has 2 rings (SSSR count). The lowest BCUT2D eigenvalue weighted by molar-refractivity contribution is 0.506. The third-order valence-electron chi connectivity index (χ3n) is 3.09. The second-order valence-electron chi connectivity index (χ2n) is 4.48. The van der Waals surface area contributed by atoms with E-state index in [1.807, 2.05) is 31.2 Å². The fourth-order valence-electron chi connectivity index (χ4n) is 1.86. The van der Waals surface area contributed by atoms with E-state index in [9.17, 15) is 8.78 Å². The SMILES string of the molecule is C[C@@H](NCc1c(F)ccc(Br)c1F)c1ccc(Br)cc1. The molecule has 0 radical (unpaired) electrons. The third kappa shape index (κ3) is 3.65. The average molecular weight is 405 g/mol. The van der Waals surface area contributed by atoms with Gasteiger partial charge in [-0.25, -0.2) is 8.78 Å². The Morgan fingerprint density at radius 3 is 2.35 bits per heavy atom. The smallest absolute Gasteiger partial charge is 0.144 e. The van der Waals surface area contributed by atoms with Gasteiger partial charge >= 0.3 is 0 Å². The molecular formula is C15H13Br2F2N. The van der Waals surface area contributed by atoms with Crippen molar-refractivity contribution in [1.82, 2.24) is 5.32 Å². The first-order valence-corrected chi connectivity index (χ1v) is 7.69. The summed E-state index contributed by atoms with van der Waals surface area (Å²) in [5.74, 6) is -1.10. The van der Waals surface area contributed by atoms with Crippen molar-refractivity contribution in [2.75, 3.05) is 0 Å². The van der Waals surface area contributed by atoms with Crippen LogP contribution in [0.15, 0.2) is 45.3 Å². The fourth-order valence-corrected chi connectivity index (χ4v) is 2.49. The molecule has 0 aromatic heterocycles. The van der Waals surface area contributed by atoms with Crippen LogP contribution in [0.4, 0.5) is 8.78 Å². The number of hydrogen-bond donors (Lipinski definition) is 1. The molecule has 0 heterocycles. The summed E-state index contributed by atoms with van der Waals surface area (Å²) in [4.78, 5) is 0. The van der Waals surface area contributed by atoms with E-state index in [1.165, 1.54) is 12.1 Å². The Kier molecular flexibility index (Phi) is 5.29. The minimum absolute atomic E-state index is 0.000816. The Morgan fingerprint density at radius 1 is 1.05 bits per heavy atom. The van der Waals surface area contributed by atoms with Crippen molar-refractivity contribution in [1.29, 1.82) is 0 Å². The summed E-state index contributed by atoms with van der Waals surface area (Å²) in [5, 5.41) is 3.13. The third-order valence-corrected chi connectivity index (χ3v) is 4.24. The first-order chi connectivity index (χ1) is 9.49. The van der Waals surface area contributed by atoms with E-state index >= 15 is 0 Å². The molecule has 0 fully saturated rings. The number of halogens is 4. The van der Waals surface area contributed by atoms with E-state index in [4.69, 9.17) is 0 Å². The van der Waals surface area contributed by atoms with Crippen molar-refractivity contribution in [3.63, 3.8) is 0 Å². The first-order valence-electron chi connectivity index (χ1n) is 6.10. The van der Waals surface area contributed by atoms with Gasteiger partial charge in [0.1, 0.15) is 11.6 Å². The van der Waals surface area contributed by atoms with Crippen LogP contribution in [0.5, 0.6) is 0 Å². The van der Waals surface area contributed by atoms with Crippen LogP contribution >= 0.6 is 31.9 Å². The Bertz CT molecular complexity index is 600. The topological polar surface area (TPSA) is 12.0 Å². The molecule has 0 aliphatic heterocycles. The van der Waals surface area contributed by atoms with Crippen molar-refractivity contribution in [2.24, 2.45) is 0 Å². The maximum Gasteiger partial charge on any atom is 0.144 e. The van der Waals surface area contributed by atoms with Crippen LogP contribution in [0.1, 0.15) is 24.1 Å². The molecule has 0 spiro atoms. The molecule has 106 valence electrons. The molecule has 0 unspecified atom stereocenters.